The Morgan fingerprint density at radius 3 is 2.79 bits per heavy atom. The minimum absolute atomic E-state index is 0.0697. The van der Waals surface area contributed by atoms with Crippen LogP contribution in [0.4, 0.5) is 0 Å². The monoisotopic (exact) mass is 216 g/mol. The van der Waals surface area contributed by atoms with Gasteiger partial charge >= 0.3 is 0 Å². The summed E-state index contributed by atoms with van der Waals surface area (Å²) >= 11 is 2.01. The van der Waals surface area contributed by atoms with Crippen LogP contribution in [0.25, 0.3) is 0 Å². The van der Waals surface area contributed by atoms with Crippen LogP contribution in [0.1, 0.15) is 12.8 Å². The van der Waals surface area contributed by atoms with E-state index in [-0.39, 0.29) is 5.54 Å². The predicted molar refractivity (Wildman–Crippen MR) is 60.7 cm³/mol. The van der Waals surface area contributed by atoms with Crippen molar-refractivity contribution in [3.05, 3.63) is 0 Å². The molecule has 0 aromatic heterocycles. The number of hydrogen-bond donors (Lipinski definition) is 1. The van der Waals surface area contributed by atoms with Crippen molar-refractivity contribution in [2.75, 3.05) is 44.4 Å². The second kappa shape index (κ2) is 4.84. The fourth-order valence-electron chi connectivity index (χ4n) is 2.20. The lowest BCUT2D eigenvalue weighted by Crippen LogP contribution is -2.55. The molecule has 0 amide bonds. The lowest BCUT2D eigenvalue weighted by Gasteiger charge is -2.39. The summed E-state index contributed by atoms with van der Waals surface area (Å²) in [6.07, 6.45) is 2.48. The van der Waals surface area contributed by atoms with E-state index in [0.29, 0.717) is 0 Å². The van der Waals surface area contributed by atoms with Crippen LogP contribution in [0, 0.1) is 0 Å². The van der Waals surface area contributed by atoms with Gasteiger partial charge in [0.25, 0.3) is 0 Å². The van der Waals surface area contributed by atoms with Crippen LogP contribution in [-0.4, -0.2) is 54.8 Å². The summed E-state index contributed by atoms with van der Waals surface area (Å²) in [5.74, 6) is 2.42. The van der Waals surface area contributed by atoms with Gasteiger partial charge in [0.1, 0.15) is 0 Å². The summed E-state index contributed by atoms with van der Waals surface area (Å²) in [5.41, 5.74) is 6.46. The molecule has 4 heteroatoms. The van der Waals surface area contributed by atoms with E-state index in [4.69, 9.17) is 10.5 Å². The number of ether oxygens (including phenoxy) is 1. The first kappa shape index (κ1) is 10.7. The lowest BCUT2D eigenvalue weighted by molar-refractivity contribution is 0.0284. The average molecular weight is 216 g/mol. The summed E-state index contributed by atoms with van der Waals surface area (Å²) in [6, 6.07) is 0. The zero-order valence-corrected chi connectivity index (χ0v) is 9.52. The third-order valence-corrected chi connectivity index (χ3v) is 4.35. The summed E-state index contributed by atoms with van der Waals surface area (Å²) in [5, 5.41) is 0. The quantitative estimate of drug-likeness (QED) is 0.731. The van der Waals surface area contributed by atoms with Crippen molar-refractivity contribution in [3.8, 4) is 0 Å². The van der Waals surface area contributed by atoms with Crippen molar-refractivity contribution in [1.29, 1.82) is 0 Å². The SMILES string of the molecule is NC1(CN2CCOCC2)CCCSC1. The Morgan fingerprint density at radius 1 is 1.36 bits per heavy atom. The van der Waals surface area contributed by atoms with Crippen molar-refractivity contribution in [2.24, 2.45) is 5.73 Å². The van der Waals surface area contributed by atoms with E-state index in [0.717, 1.165) is 38.6 Å². The van der Waals surface area contributed by atoms with Crippen LogP contribution in [0.5, 0.6) is 0 Å². The van der Waals surface area contributed by atoms with Gasteiger partial charge in [-0.05, 0) is 18.6 Å². The van der Waals surface area contributed by atoms with Gasteiger partial charge in [-0.15, -0.1) is 0 Å². The summed E-state index contributed by atoms with van der Waals surface area (Å²) in [7, 11) is 0. The van der Waals surface area contributed by atoms with Crippen molar-refractivity contribution in [2.45, 2.75) is 18.4 Å². The van der Waals surface area contributed by atoms with Gasteiger partial charge in [0, 0.05) is 30.9 Å². The smallest absolute Gasteiger partial charge is 0.0594 e. The molecule has 2 aliphatic rings. The third kappa shape index (κ3) is 2.86. The van der Waals surface area contributed by atoms with Gasteiger partial charge in [-0.3, -0.25) is 4.90 Å². The van der Waals surface area contributed by atoms with Crippen LogP contribution < -0.4 is 5.73 Å². The van der Waals surface area contributed by atoms with Crippen molar-refractivity contribution >= 4 is 11.8 Å². The molecule has 82 valence electrons. The number of thioether (sulfide) groups is 1. The van der Waals surface area contributed by atoms with Crippen LogP contribution in [0.2, 0.25) is 0 Å². The van der Waals surface area contributed by atoms with Crippen molar-refractivity contribution in [1.82, 2.24) is 4.90 Å². The molecule has 0 saturated carbocycles. The minimum atomic E-state index is 0.0697. The van der Waals surface area contributed by atoms with E-state index in [1.54, 1.807) is 0 Å². The fraction of sp³-hybridized carbons (Fsp3) is 1.00. The maximum absolute atomic E-state index is 6.39. The standard InChI is InChI=1S/C10H20N2OS/c11-10(2-1-7-14-9-10)8-12-3-5-13-6-4-12/h1-9,11H2. The normalized spacial score (nSPS) is 35.8. The van der Waals surface area contributed by atoms with Crippen molar-refractivity contribution < 1.29 is 4.74 Å². The maximum atomic E-state index is 6.39. The number of rotatable bonds is 2. The van der Waals surface area contributed by atoms with Gasteiger partial charge in [-0.1, -0.05) is 0 Å². The number of hydrogen-bond acceptors (Lipinski definition) is 4. The molecule has 1 unspecified atom stereocenters. The molecule has 2 fully saturated rings. The summed E-state index contributed by atoms with van der Waals surface area (Å²) < 4.78 is 5.33. The molecule has 2 rings (SSSR count). The molecule has 0 bridgehead atoms. The van der Waals surface area contributed by atoms with Gasteiger partial charge in [0.15, 0.2) is 0 Å². The first-order valence-electron chi connectivity index (χ1n) is 5.45. The highest BCUT2D eigenvalue weighted by atomic mass is 32.2. The molecule has 3 nitrogen and oxygen atoms in total. The zero-order valence-electron chi connectivity index (χ0n) is 8.71. The Morgan fingerprint density at radius 2 is 2.14 bits per heavy atom. The highest BCUT2D eigenvalue weighted by Crippen LogP contribution is 2.25. The van der Waals surface area contributed by atoms with E-state index in [1.165, 1.54) is 18.6 Å². The van der Waals surface area contributed by atoms with Crippen LogP contribution in [0.15, 0.2) is 0 Å². The van der Waals surface area contributed by atoms with Gasteiger partial charge < -0.3 is 10.5 Å². The van der Waals surface area contributed by atoms with E-state index in [9.17, 15) is 0 Å². The molecule has 2 heterocycles. The molecule has 2 aliphatic heterocycles. The van der Waals surface area contributed by atoms with Crippen LogP contribution in [0.3, 0.4) is 0 Å². The Labute approximate surface area is 90.3 Å². The summed E-state index contributed by atoms with van der Waals surface area (Å²) in [6.45, 7) is 4.93. The minimum Gasteiger partial charge on any atom is -0.379 e. The molecule has 0 aromatic rings. The molecular weight excluding hydrogens is 196 g/mol. The third-order valence-electron chi connectivity index (χ3n) is 3.00. The molecule has 14 heavy (non-hydrogen) atoms. The molecule has 0 aromatic carbocycles. The Balaban J connectivity index is 1.81. The molecule has 0 aliphatic carbocycles. The maximum Gasteiger partial charge on any atom is 0.0594 e. The van der Waals surface area contributed by atoms with Crippen LogP contribution in [-0.2, 0) is 4.74 Å². The molecule has 2 saturated heterocycles. The first-order chi connectivity index (χ1) is 6.79. The second-order valence-electron chi connectivity index (χ2n) is 4.41. The fourth-order valence-corrected chi connectivity index (χ4v) is 3.34. The number of nitrogens with zero attached hydrogens (tertiary/aromatic N) is 1. The second-order valence-corrected chi connectivity index (χ2v) is 5.51. The van der Waals surface area contributed by atoms with E-state index >= 15 is 0 Å². The molecular formula is C10H20N2OS. The van der Waals surface area contributed by atoms with E-state index in [2.05, 4.69) is 4.90 Å². The zero-order chi connectivity index (χ0) is 9.86. The average Bonchev–Trinajstić information content (AvgIpc) is 2.19. The van der Waals surface area contributed by atoms with Gasteiger partial charge in [0.05, 0.1) is 13.2 Å². The van der Waals surface area contributed by atoms with Gasteiger partial charge in [-0.25, -0.2) is 0 Å². The Kier molecular flexibility index (Phi) is 3.71. The molecule has 2 N–H and O–H groups in total. The highest BCUT2D eigenvalue weighted by Gasteiger charge is 2.30. The first-order valence-corrected chi connectivity index (χ1v) is 6.61. The number of nitrogens with two attached hydrogens (primary N) is 1. The highest BCUT2D eigenvalue weighted by molar-refractivity contribution is 7.99. The molecule has 0 spiro atoms. The molecule has 0 radical (unpaired) electrons. The number of morpholine rings is 1. The lowest BCUT2D eigenvalue weighted by atomic mass is 9.96. The topological polar surface area (TPSA) is 38.5 Å². The Bertz CT molecular complexity index is 177. The largest absolute Gasteiger partial charge is 0.379 e. The molecule has 1 atom stereocenters. The van der Waals surface area contributed by atoms with Gasteiger partial charge in [0.2, 0.25) is 0 Å². The van der Waals surface area contributed by atoms with Crippen molar-refractivity contribution in [3.63, 3.8) is 0 Å². The Hall–Kier alpha value is 0.230. The predicted octanol–water partition coefficient (Wildman–Crippen LogP) is 0.543. The van der Waals surface area contributed by atoms with E-state index in [1.807, 2.05) is 11.8 Å². The van der Waals surface area contributed by atoms with Gasteiger partial charge in [-0.2, -0.15) is 11.8 Å². The van der Waals surface area contributed by atoms with Crippen LogP contribution >= 0.6 is 11.8 Å². The summed E-state index contributed by atoms with van der Waals surface area (Å²) in [4.78, 5) is 2.45. The van der Waals surface area contributed by atoms with E-state index < -0.39 is 0 Å².